The summed E-state index contributed by atoms with van der Waals surface area (Å²) in [6.45, 7) is 4.83. The molecule has 2 aliphatic rings. The Kier molecular flexibility index (Phi) is 5.34. The first-order valence-electron chi connectivity index (χ1n) is 8.84. The molecule has 0 spiro atoms. The third-order valence-electron chi connectivity index (χ3n) is 4.91. The van der Waals surface area contributed by atoms with E-state index in [1.165, 1.54) is 18.5 Å². The van der Waals surface area contributed by atoms with Gasteiger partial charge in [0.1, 0.15) is 12.7 Å². The summed E-state index contributed by atoms with van der Waals surface area (Å²) in [5, 5.41) is 8.50. The number of thiophene rings is 1. The Morgan fingerprint density at radius 3 is 2.88 bits per heavy atom. The van der Waals surface area contributed by atoms with Gasteiger partial charge in [0.05, 0.1) is 0 Å². The second kappa shape index (κ2) is 7.85. The van der Waals surface area contributed by atoms with Crippen LogP contribution in [0.25, 0.3) is 0 Å². The zero-order chi connectivity index (χ0) is 17.1. The number of rotatable bonds is 5. The first-order valence-corrected chi connectivity index (χ1v) is 10.2. The van der Waals surface area contributed by atoms with E-state index in [1.807, 2.05) is 18.2 Å². The molecule has 1 aromatic heterocycles. The van der Waals surface area contributed by atoms with Gasteiger partial charge in [0.15, 0.2) is 11.5 Å². The smallest absolute Gasteiger partial charge is 0.163 e. The van der Waals surface area contributed by atoms with Gasteiger partial charge in [-0.2, -0.15) is 11.3 Å². The van der Waals surface area contributed by atoms with Gasteiger partial charge in [-0.05, 0) is 55.4 Å². The van der Waals surface area contributed by atoms with E-state index < -0.39 is 0 Å². The Morgan fingerprint density at radius 1 is 1.20 bits per heavy atom. The summed E-state index contributed by atoms with van der Waals surface area (Å²) in [5.41, 5.74) is 1.25. The molecule has 1 N–H and O–H groups in total. The largest absolute Gasteiger partial charge is 0.486 e. The monoisotopic (exact) mass is 378 g/mol. The molecule has 4 rings (SSSR count). The van der Waals surface area contributed by atoms with Gasteiger partial charge in [0.25, 0.3) is 0 Å². The highest BCUT2D eigenvalue weighted by Gasteiger charge is 2.26. The van der Waals surface area contributed by atoms with Crippen LogP contribution in [0, 0.1) is 5.92 Å². The maximum Gasteiger partial charge on any atom is 0.163 e. The van der Waals surface area contributed by atoms with Crippen LogP contribution in [0.2, 0.25) is 5.02 Å². The van der Waals surface area contributed by atoms with Crippen LogP contribution in [0.4, 0.5) is 5.69 Å². The van der Waals surface area contributed by atoms with Gasteiger partial charge in [0.2, 0.25) is 0 Å². The van der Waals surface area contributed by atoms with E-state index in [0.29, 0.717) is 11.6 Å². The number of hydrogen-bond acceptors (Lipinski definition) is 5. The summed E-state index contributed by atoms with van der Waals surface area (Å²) in [6, 6.07) is 7.69. The summed E-state index contributed by atoms with van der Waals surface area (Å²) >= 11 is 7.79. The molecule has 134 valence electrons. The van der Waals surface area contributed by atoms with Crippen LogP contribution in [0.1, 0.15) is 12.8 Å². The van der Waals surface area contributed by atoms with Gasteiger partial charge in [-0.15, -0.1) is 0 Å². The van der Waals surface area contributed by atoms with Crippen molar-refractivity contribution in [3.8, 4) is 11.5 Å². The Labute approximate surface area is 157 Å². The predicted molar refractivity (Wildman–Crippen MR) is 103 cm³/mol. The minimum atomic E-state index is 0.0754. The van der Waals surface area contributed by atoms with Crippen molar-refractivity contribution in [2.45, 2.75) is 18.9 Å². The molecule has 0 amide bonds. The van der Waals surface area contributed by atoms with Crippen LogP contribution < -0.4 is 14.8 Å². The Hall–Kier alpha value is -1.43. The topological polar surface area (TPSA) is 33.7 Å². The quantitative estimate of drug-likeness (QED) is 0.837. The van der Waals surface area contributed by atoms with Gasteiger partial charge < -0.3 is 14.8 Å². The molecular formula is C19H23ClN2O2S. The molecule has 0 saturated carbocycles. The zero-order valence-corrected chi connectivity index (χ0v) is 15.7. The van der Waals surface area contributed by atoms with Gasteiger partial charge in [-0.1, -0.05) is 11.6 Å². The molecule has 1 atom stereocenters. The summed E-state index contributed by atoms with van der Waals surface area (Å²) in [4.78, 5) is 2.49. The fraction of sp³-hybridized carbons (Fsp3) is 0.474. The average Bonchev–Trinajstić information content (AvgIpc) is 3.14. The van der Waals surface area contributed by atoms with Gasteiger partial charge in [-0.3, -0.25) is 4.90 Å². The minimum absolute atomic E-state index is 0.0754. The lowest BCUT2D eigenvalue weighted by Crippen LogP contribution is -2.44. The second-order valence-corrected chi connectivity index (χ2v) is 8.00. The van der Waals surface area contributed by atoms with Gasteiger partial charge >= 0.3 is 0 Å². The first-order chi connectivity index (χ1) is 12.3. The lowest BCUT2D eigenvalue weighted by Gasteiger charge is -2.35. The van der Waals surface area contributed by atoms with Crippen molar-refractivity contribution in [2.24, 2.45) is 5.92 Å². The Balaban J connectivity index is 1.22. The highest BCUT2D eigenvalue weighted by Crippen LogP contribution is 2.34. The highest BCUT2D eigenvalue weighted by atomic mass is 35.5. The molecule has 4 nitrogen and oxygen atoms in total. The standard InChI is InChI=1S/C19H23ClN2O2S/c20-15-1-2-18-19(9-15)24-17(12-23-18)11-22-6-3-14(4-7-22)10-21-16-5-8-25-13-16/h1-2,5,8-9,13-14,17,21H,3-4,6-7,10-12H2. The first kappa shape index (κ1) is 17.0. The molecule has 1 saturated heterocycles. The molecular weight excluding hydrogens is 356 g/mol. The number of nitrogens with zero attached hydrogens (tertiary/aromatic N) is 1. The van der Waals surface area contributed by atoms with Crippen LogP contribution in [-0.4, -0.2) is 43.8 Å². The molecule has 0 aliphatic carbocycles. The fourth-order valence-electron chi connectivity index (χ4n) is 3.47. The molecule has 3 heterocycles. The van der Waals surface area contributed by atoms with Gasteiger partial charge in [-0.25, -0.2) is 0 Å². The Morgan fingerprint density at radius 2 is 2.08 bits per heavy atom. The number of likely N-dealkylation sites (tertiary alicyclic amines) is 1. The molecule has 2 aliphatic heterocycles. The van der Waals surface area contributed by atoms with Crippen LogP contribution in [0.3, 0.4) is 0 Å². The van der Waals surface area contributed by atoms with Crippen molar-refractivity contribution in [1.29, 1.82) is 0 Å². The number of piperidine rings is 1. The van der Waals surface area contributed by atoms with Crippen molar-refractivity contribution >= 4 is 28.6 Å². The molecule has 6 heteroatoms. The van der Waals surface area contributed by atoms with Crippen molar-refractivity contribution in [1.82, 2.24) is 4.90 Å². The number of nitrogens with one attached hydrogen (secondary N) is 1. The highest BCUT2D eigenvalue weighted by molar-refractivity contribution is 7.08. The molecule has 0 radical (unpaired) electrons. The number of benzene rings is 1. The fourth-order valence-corrected chi connectivity index (χ4v) is 4.24. The molecule has 0 bridgehead atoms. The Bertz CT molecular complexity index is 687. The van der Waals surface area contributed by atoms with Crippen LogP contribution in [0.15, 0.2) is 35.0 Å². The van der Waals surface area contributed by atoms with Crippen molar-refractivity contribution in [3.63, 3.8) is 0 Å². The molecule has 2 aromatic rings. The van der Waals surface area contributed by atoms with E-state index in [-0.39, 0.29) is 6.10 Å². The summed E-state index contributed by atoms with van der Waals surface area (Å²) < 4.78 is 11.9. The predicted octanol–water partition coefficient (Wildman–Crippen LogP) is 4.37. The maximum atomic E-state index is 6.08. The molecule has 25 heavy (non-hydrogen) atoms. The van der Waals surface area contributed by atoms with Crippen molar-refractivity contribution in [3.05, 3.63) is 40.0 Å². The van der Waals surface area contributed by atoms with Crippen LogP contribution >= 0.6 is 22.9 Å². The van der Waals surface area contributed by atoms with E-state index in [4.69, 9.17) is 21.1 Å². The van der Waals surface area contributed by atoms with E-state index in [0.717, 1.165) is 43.6 Å². The summed E-state index contributed by atoms with van der Waals surface area (Å²) in [5.74, 6) is 2.30. The SMILES string of the molecule is Clc1ccc2c(c1)OC(CN1CCC(CNc3ccsc3)CC1)CO2. The normalized spacial score (nSPS) is 21.2. The summed E-state index contributed by atoms with van der Waals surface area (Å²) in [6.07, 6.45) is 2.53. The van der Waals surface area contributed by atoms with E-state index in [1.54, 1.807) is 11.3 Å². The van der Waals surface area contributed by atoms with E-state index in [9.17, 15) is 0 Å². The van der Waals surface area contributed by atoms with Crippen molar-refractivity contribution < 1.29 is 9.47 Å². The third-order valence-corrected chi connectivity index (χ3v) is 5.83. The lowest BCUT2D eigenvalue weighted by molar-refractivity contribution is 0.0485. The lowest BCUT2D eigenvalue weighted by atomic mass is 9.96. The van der Waals surface area contributed by atoms with Crippen molar-refractivity contribution in [2.75, 3.05) is 38.1 Å². The summed E-state index contributed by atoms with van der Waals surface area (Å²) in [7, 11) is 0. The minimum Gasteiger partial charge on any atom is -0.486 e. The molecule has 1 fully saturated rings. The van der Waals surface area contributed by atoms with E-state index in [2.05, 4.69) is 27.0 Å². The number of halogens is 1. The molecule has 1 aromatic carbocycles. The number of ether oxygens (including phenoxy) is 2. The maximum absolute atomic E-state index is 6.08. The van der Waals surface area contributed by atoms with Gasteiger partial charge in [0, 0.05) is 35.2 Å². The third kappa shape index (κ3) is 4.40. The van der Waals surface area contributed by atoms with Crippen LogP contribution in [0.5, 0.6) is 11.5 Å². The van der Waals surface area contributed by atoms with Crippen LogP contribution in [-0.2, 0) is 0 Å². The number of hydrogen-bond donors (Lipinski definition) is 1. The second-order valence-electron chi connectivity index (χ2n) is 6.78. The van der Waals surface area contributed by atoms with E-state index >= 15 is 0 Å². The zero-order valence-electron chi connectivity index (χ0n) is 14.1. The number of fused-ring (bicyclic) bond motifs is 1. The molecule has 1 unspecified atom stereocenters. The number of anilines is 1. The average molecular weight is 379 g/mol.